The normalized spacial score (nSPS) is 10.9. The van der Waals surface area contributed by atoms with E-state index in [1.54, 1.807) is 11.3 Å². The molecule has 3 aromatic rings. The third kappa shape index (κ3) is 3.36. The minimum Gasteiger partial charge on any atom is -0.361 e. The van der Waals surface area contributed by atoms with Crippen molar-refractivity contribution in [3.63, 3.8) is 0 Å². The molecule has 2 heterocycles. The number of aromatic nitrogens is 3. The number of hydrogen-bond acceptors (Lipinski definition) is 4. The van der Waals surface area contributed by atoms with Gasteiger partial charge in [-0.3, -0.25) is 4.68 Å². The molecule has 114 valence electrons. The first-order valence-electron chi connectivity index (χ1n) is 7.32. The minimum absolute atomic E-state index is 0.816. The van der Waals surface area contributed by atoms with Gasteiger partial charge in [0.15, 0.2) is 0 Å². The van der Waals surface area contributed by atoms with Gasteiger partial charge in [0.05, 0.1) is 17.2 Å². The lowest BCUT2D eigenvalue weighted by atomic mass is 10.1. The SMILES string of the molecule is Cc1nc(C)c(N(C)Cc2ccc(Cn3cccn3)cc2)s1. The molecule has 22 heavy (non-hydrogen) atoms. The highest BCUT2D eigenvalue weighted by atomic mass is 32.1. The largest absolute Gasteiger partial charge is 0.361 e. The fourth-order valence-corrected chi connectivity index (χ4v) is 3.43. The second-order valence-electron chi connectivity index (χ2n) is 5.50. The smallest absolute Gasteiger partial charge is 0.114 e. The summed E-state index contributed by atoms with van der Waals surface area (Å²) >= 11 is 1.75. The Morgan fingerprint density at radius 3 is 2.45 bits per heavy atom. The summed E-state index contributed by atoms with van der Waals surface area (Å²) in [5.41, 5.74) is 3.68. The van der Waals surface area contributed by atoms with E-state index in [9.17, 15) is 0 Å². The van der Waals surface area contributed by atoms with E-state index < -0.39 is 0 Å². The molecule has 0 saturated carbocycles. The average molecular weight is 312 g/mol. The monoisotopic (exact) mass is 312 g/mol. The zero-order chi connectivity index (χ0) is 15.5. The zero-order valence-electron chi connectivity index (χ0n) is 13.2. The van der Waals surface area contributed by atoms with Gasteiger partial charge in [0.2, 0.25) is 0 Å². The molecule has 0 aliphatic rings. The summed E-state index contributed by atoms with van der Waals surface area (Å²) in [6, 6.07) is 10.7. The van der Waals surface area contributed by atoms with Gasteiger partial charge < -0.3 is 4.90 Å². The fraction of sp³-hybridized carbons (Fsp3) is 0.294. The number of benzene rings is 1. The molecule has 0 bridgehead atoms. The quantitative estimate of drug-likeness (QED) is 0.721. The lowest BCUT2D eigenvalue weighted by Crippen LogP contribution is -2.16. The topological polar surface area (TPSA) is 34.0 Å². The second-order valence-corrected chi connectivity index (χ2v) is 6.68. The molecule has 5 heteroatoms. The van der Waals surface area contributed by atoms with Crippen LogP contribution in [0, 0.1) is 13.8 Å². The van der Waals surface area contributed by atoms with Crippen LogP contribution >= 0.6 is 11.3 Å². The van der Waals surface area contributed by atoms with Crippen molar-refractivity contribution in [1.29, 1.82) is 0 Å². The third-order valence-corrected chi connectivity index (χ3v) is 4.76. The highest BCUT2D eigenvalue weighted by Crippen LogP contribution is 2.27. The first kappa shape index (κ1) is 14.8. The number of anilines is 1. The number of hydrogen-bond donors (Lipinski definition) is 0. The van der Waals surface area contributed by atoms with Crippen LogP contribution in [0.1, 0.15) is 21.8 Å². The Hall–Kier alpha value is -2.14. The van der Waals surface area contributed by atoms with Crippen molar-refractivity contribution in [2.24, 2.45) is 0 Å². The van der Waals surface area contributed by atoms with Crippen LogP contribution in [0.15, 0.2) is 42.7 Å². The molecular formula is C17H20N4S. The van der Waals surface area contributed by atoms with E-state index in [0.29, 0.717) is 0 Å². The van der Waals surface area contributed by atoms with Crippen molar-refractivity contribution in [3.8, 4) is 0 Å². The lowest BCUT2D eigenvalue weighted by Gasteiger charge is -2.18. The summed E-state index contributed by atoms with van der Waals surface area (Å²) in [6.45, 7) is 5.84. The van der Waals surface area contributed by atoms with E-state index in [1.807, 2.05) is 23.1 Å². The Labute approximate surface area is 135 Å². The molecule has 0 aliphatic heterocycles. The number of nitrogens with zero attached hydrogens (tertiary/aromatic N) is 4. The van der Waals surface area contributed by atoms with Crippen LogP contribution in [0.4, 0.5) is 5.00 Å². The van der Waals surface area contributed by atoms with Gasteiger partial charge in [0, 0.05) is 26.0 Å². The first-order chi connectivity index (χ1) is 10.6. The first-order valence-corrected chi connectivity index (χ1v) is 8.14. The molecule has 0 spiro atoms. The lowest BCUT2D eigenvalue weighted by molar-refractivity contribution is 0.686. The zero-order valence-corrected chi connectivity index (χ0v) is 14.0. The highest BCUT2D eigenvalue weighted by Gasteiger charge is 2.10. The molecule has 0 saturated heterocycles. The minimum atomic E-state index is 0.816. The van der Waals surface area contributed by atoms with E-state index in [0.717, 1.165) is 23.8 Å². The van der Waals surface area contributed by atoms with E-state index in [1.165, 1.54) is 16.1 Å². The highest BCUT2D eigenvalue weighted by molar-refractivity contribution is 7.15. The molecule has 2 aromatic heterocycles. The van der Waals surface area contributed by atoms with E-state index >= 15 is 0 Å². The van der Waals surface area contributed by atoms with Crippen molar-refractivity contribution >= 4 is 16.3 Å². The van der Waals surface area contributed by atoms with Crippen molar-refractivity contribution in [2.45, 2.75) is 26.9 Å². The molecule has 0 aliphatic carbocycles. The Balaban J connectivity index is 1.67. The summed E-state index contributed by atoms with van der Waals surface area (Å²) in [5.74, 6) is 0. The molecule has 3 rings (SSSR count). The standard InChI is InChI=1S/C17H20N4S/c1-13-17(22-14(2)19-13)20(3)11-15-5-7-16(8-6-15)12-21-10-4-9-18-21/h4-10H,11-12H2,1-3H3. The molecule has 0 fully saturated rings. The van der Waals surface area contributed by atoms with Crippen LogP contribution < -0.4 is 4.90 Å². The predicted octanol–water partition coefficient (Wildman–Crippen LogP) is 3.64. The van der Waals surface area contributed by atoms with Crippen LogP contribution in [-0.2, 0) is 13.1 Å². The van der Waals surface area contributed by atoms with Gasteiger partial charge in [-0.2, -0.15) is 5.10 Å². The van der Waals surface area contributed by atoms with E-state index in [2.05, 4.69) is 60.1 Å². The molecule has 0 N–H and O–H groups in total. The number of thiazole rings is 1. The molecule has 0 radical (unpaired) electrons. The van der Waals surface area contributed by atoms with Gasteiger partial charge in [-0.1, -0.05) is 24.3 Å². The second kappa shape index (κ2) is 6.32. The van der Waals surface area contributed by atoms with Crippen LogP contribution in [0.5, 0.6) is 0 Å². The van der Waals surface area contributed by atoms with Crippen molar-refractivity contribution in [1.82, 2.24) is 14.8 Å². The van der Waals surface area contributed by atoms with Crippen molar-refractivity contribution < 1.29 is 0 Å². The Kier molecular flexibility index (Phi) is 4.24. The van der Waals surface area contributed by atoms with Gasteiger partial charge in [-0.05, 0) is 31.0 Å². The molecule has 1 aromatic carbocycles. The van der Waals surface area contributed by atoms with Crippen molar-refractivity contribution in [3.05, 3.63) is 64.6 Å². The van der Waals surface area contributed by atoms with Gasteiger partial charge >= 0.3 is 0 Å². The van der Waals surface area contributed by atoms with Gasteiger partial charge in [-0.25, -0.2) is 4.98 Å². The maximum atomic E-state index is 4.50. The van der Waals surface area contributed by atoms with Gasteiger partial charge in [0.1, 0.15) is 5.00 Å². The van der Waals surface area contributed by atoms with Gasteiger partial charge in [-0.15, -0.1) is 11.3 Å². The Morgan fingerprint density at radius 1 is 1.14 bits per heavy atom. The number of aryl methyl sites for hydroxylation is 2. The van der Waals surface area contributed by atoms with Crippen LogP contribution in [0.3, 0.4) is 0 Å². The summed E-state index contributed by atoms with van der Waals surface area (Å²) in [5, 5.41) is 6.60. The summed E-state index contributed by atoms with van der Waals surface area (Å²) in [6.07, 6.45) is 3.79. The average Bonchev–Trinajstić information content (AvgIpc) is 3.10. The molecule has 4 nitrogen and oxygen atoms in total. The van der Waals surface area contributed by atoms with Crippen LogP contribution in [0.25, 0.3) is 0 Å². The predicted molar refractivity (Wildman–Crippen MR) is 91.5 cm³/mol. The van der Waals surface area contributed by atoms with Crippen LogP contribution in [-0.4, -0.2) is 21.8 Å². The maximum Gasteiger partial charge on any atom is 0.114 e. The molecule has 0 amide bonds. The molecular weight excluding hydrogens is 292 g/mol. The summed E-state index contributed by atoms with van der Waals surface area (Å²) in [7, 11) is 2.12. The van der Waals surface area contributed by atoms with Crippen LogP contribution in [0.2, 0.25) is 0 Å². The fourth-order valence-electron chi connectivity index (χ4n) is 2.55. The van der Waals surface area contributed by atoms with E-state index in [4.69, 9.17) is 0 Å². The summed E-state index contributed by atoms with van der Waals surface area (Å²) < 4.78 is 1.94. The maximum absolute atomic E-state index is 4.50. The summed E-state index contributed by atoms with van der Waals surface area (Å²) in [4.78, 5) is 6.76. The van der Waals surface area contributed by atoms with Gasteiger partial charge in [0.25, 0.3) is 0 Å². The molecule has 0 unspecified atom stereocenters. The van der Waals surface area contributed by atoms with E-state index in [-0.39, 0.29) is 0 Å². The van der Waals surface area contributed by atoms with Crippen molar-refractivity contribution in [2.75, 3.05) is 11.9 Å². The Morgan fingerprint density at radius 2 is 1.86 bits per heavy atom. The molecule has 0 atom stereocenters. The third-order valence-electron chi connectivity index (χ3n) is 3.57. The number of rotatable bonds is 5. The Bertz CT molecular complexity index is 729.